The summed E-state index contributed by atoms with van der Waals surface area (Å²) in [6, 6.07) is 5.72. The molecule has 0 aliphatic carbocycles. The summed E-state index contributed by atoms with van der Waals surface area (Å²) in [5.74, 6) is -0.273. The molecule has 0 spiro atoms. The van der Waals surface area contributed by atoms with Crippen molar-refractivity contribution in [2.75, 3.05) is 13.2 Å². The van der Waals surface area contributed by atoms with Crippen molar-refractivity contribution in [3.8, 4) is 5.75 Å². The van der Waals surface area contributed by atoms with Gasteiger partial charge in [0, 0.05) is 18.2 Å². The van der Waals surface area contributed by atoms with E-state index in [1.807, 2.05) is 25.1 Å². The average Bonchev–Trinajstić information content (AvgIpc) is 2.88. The second kappa shape index (κ2) is 6.38. The van der Waals surface area contributed by atoms with Crippen molar-refractivity contribution in [2.45, 2.75) is 25.9 Å². The van der Waals surface area contributed by atoms with Crippen molar-refractivity contribution < 1.29 is 19.4 Å². The monoisotopic (exact) mass is 262 g/mol. The summed E-state index contributed by atoms with van der Waals surface area (Å²) in [4.78, 5) is 10.6. The number of ether oxygens (including phenoxy) is 2. The number of benzene rings is 1. The minimum atomic E-state index is -0.966. The van der Waals surface area contributed by atoms with Crippen LogP contribution in [0.3, 0.4) is 0 Å². The molecule has 1 aromatic carbocycles. The van der Waals surface area contributed by atoms with E-state index in [0.29, 0.717) is 12.4 Å². The topological polar surface area (TPSA) is 55.8 Å². The van der Waals surface area contributed by atoms with Crippen molar-refractivity contribution in [2.24, 2.45) is 0 Å². The Hall–Kier alpha value is -1.81. The molecule has 0 amide bonds. The van der Waals surface area contributed by atoms with Gasteiger partial charge >= 0.3 is 5.97 Å². The Balaban J connectivity index is 2.07. The second-order valence-corrected chi connectivity index (χ2v) is 4.66. The molecule has 1 heterocycles. The Morgan fingerprint density at radius 1 is 1.58 bits per heavy atom. The van der Waals surface area contributed by atoms with E-state index >= 15 is 0 Å². The van der Waals surface area contributed by atoms with Crippen molar-refractivity contribution in [1.29, 1.82) is 0 Å². The first-order valence-corrected chi connectivity index (χ1v) is 6.41. The summed E-state index contributed by atoms with van der Waals surface area (Å²) in [6.07, 6.45) is 4.92. The lowest BCUT2D eigenvalue weighted by atomic mass is 10.1. The van der Waals surface area contributed by atoms with Gasteiger partial charge < -0.3 is 14.6 Å². The zero-order valence-electron chi connectivity index (χ0n) is 11.0. The fourth-order valence-corrected chi connectivity index (χ4v) is 2.05. The van der Waals surface area contributed by atoms with E-state index in [2.05, 4.69) is 0 Å². The van der Waals surface area contributed by atoms with Crippen LogP contribution in [0.25, 0.3) is 6.08 Å². The van der Waals surface area contributed by atoms with Crippen LogP contribution in [0.4, 0.5) is 0 Å². The maximum atomic E-state index is 10.6. The fraction of sp³-hybridized carbons (Fsp3) is 0.400. The molecule has 4 nitrogen and oxygen atoms in total. The quantitative estimate of drug-likeness (QED) is 0.829. The first-order chi connectivity index (χ1) is 9.15. The minimum Gasteiger partial charge on any atom is -0.490 e. The molecule has 1 atom stereocenters. The third-order valence-corrected chi connectivity index (χ3v) is 3.02. The predicted molar refractivity (Wildman–Crippen MR) is 72.3 cm³/mol. The summed E-state index contributed by atoms with van der Waals surface area (Å²) in [5, 5.41) is 8.69. The van der Waals surface area contributed by atoms with E-state index < -0.39 is 5.97 Å². The average molecular weight is 262 g/mol. The normalized spacial score (nSPS) is 18.9. The van der Waals surface area contributed by atoms with E-state index in [9.17, 15) is 4.79 Å². The van der Waals surface area contributed by atoms with Crippen LogP contribution in [0, 0.1) is 6.92 Å². The van der Waals surface area contributed by atoms with Gasteiger partial charge in [-0.15, -0.1) is 0 Å². The third-order valence-electron chi connectivity index (χ3n) is 3.02. The molecule has 19 heavy (non-hydrogen) atoms. The first-order valence-electron chi connectivity index (χ1n) is 6.41. The third kappa shape index (κ3) is 4.10. The highest BCUT2D eigenvalue weighted by atomic mass is 16.5. The van der Waals surface area contributed by atoms with Crippen LogP contribution in [0.2, 0.25) is 0 Å². The molecule has 1 aromatic rings. The molecule has 0 aromatic heterocycles. The minimum absolute atomic E-state index is 0.151. The highest BCUT2D eigenvalue weighted by molar-refractivity contribution is 5.85. The van der Waals surface area contributed by atoms with E-state index in [-0.39, 0.29) is 6.10 Å². The van der Waals surface area contributed by atoms with Gasteiger partial charge in [-0.1, -0.05) is 11.6 Å². The molecule has 1 unspecified atom stereocenters. The van der Waals surface area contributed by atoms with E-state index in [1.165, 1.54) is 0 Å². The largest absolute Gasteiger partial charge is 0.490 e. The van der Waals surface area contributed by atoms with Gasteiger partial charge in [0.05, 0.1) is 6.10 Å². The standard InChI is InChI=1S/C15H18O4/c1-11-4-6-14(12(9-11)5-7-15(16)17)19-10-13-3-2-8-18-13/h4-7,9,13H,2-3,8,10H2,1H3,(H,16,17). The summed E-state index contributed by atoms with van der Waals surface area (Å²) in [7, 11) is 0. The number of carbonyl (C=O) groups is 1. The van der Waals surface area contributed by atoms with Gasteiger partial charge in [-0.05, 0) is 38.0 Å². The second-order valence-electron chi connectivity index (χ2n) is 4.66. The van der Waals surface area contributed by atoms with Gasteiger partial charge in [-0.25, -0.2) is 4.79 Å². The molecule has 1 saturated heterocycles. The van der Waals surface area contributed by atoms with Crippen LogP contribution in [0.5, 0.6) is 5.75 Å². The highest BCUT2D eigenvalue weighted by Gasteiger charge is 2.16. The smallest absolute Gasteiger partial charge is 0.328 e. The lowest BCUT2D eigenvalue weighted by Gasteiger charge is -2.13. The SMILES string of the molecule is Cc1ccc(OCC2CCCO2)c(C=CC(=O)O)c1. The van der Waals surface area contributed by atoms with E-state index in [0.717, 1.165) is 36.7 Å². The molecule has 1 aliphatic heterocycles. The summed E-state index contributed by atoms with van der Waals surface area (Å²) in [5.41, 5.74) is 1.84. The Bertz CT molecular complexity index is 473. The van der Waals surface area contributed by atoms with Crippen molar-refractivity contribution in [3.63, 3.8) is 0 Å². The maximum absolute atomic E-state index is 10.6. The number of rotatable bonds is 5. The number of carboxylic acid groups (broad SMARTS) is 1. The summed E-state index contributed by atoms with van der Waals surface area (Å²) >= 11 is 0. The summed E-state index contributed by atoms with van der Waals surface area (Å²) in [6.45, 7) is 3.27. The van der Waals surface area contributed by atoms with Gasteiger partial charge in [0.1, 0.15) is 12.4 Å². The Morgan fingerprint density at radius 2 is 2.42 bits per heavy atom. The van der Waals surface area contributed by atoms with Gasteiger partial charge in [-0.3, -0.25) is 0 Å². The molecule has 0 bridgehead atoms. The summed E-state index contributed by atoms with van der Waals surface area (Å²) < 4.78 is 11.2. The number of aryl methyl sites for hydroxylation is 1. The molecule has 0 saturated carbocycles. The van der Waals surface area contributed by atoms with Crippen LogP contribution in [0.15, 0.2) is 24.3 Å². The molecule has 102 valence electrons. The van der Waals surface area contributed by atoms with Gasteiger partial charge in [0.25, 0.3) is 0 Å². The van der Waals surface area contributed by atoms with Crippen LogP contribution in [-0.4, -0.2) is 30.4 Å². The molecular formula is C15H18O4. The number of hydrogen-bond acceptors (Lipinski definition) is 3. The molecule has 1 fully saturated rings. The van der Waals surface area contributed by atoms with E-state index in [1.54, 1.807) is 6.08 Å². The zero-order chi connectivity index (χ0) is 13.7. The van der Waals surface area contributed by atoms with Crippen LogP contribution >= 0.6 is 0 Å². The molecular weight excluding hydrogens is 244 g/mol. The Kier molecular flexibility index (Phi) is 4.58. The van der Waals surface area contributed by atoms with Crippen molar-refractivity contribution in [3.05, 3.63) is 35.4 Å². The number of carboxylic acids is 1. The van der Waals surface area contributed by atoms with Crippen LogP contribution < -0.4 is 4.74 Å². The van der Waals surface area contributed by atoms with Crippen molar-refractivity contribution in [1.82, 2.24) is 0 Å². The predicted octanol–water partition coefficient (Wildman–Crippen LogP) is 2.65. The first kappa shape index (κ1) is 13.6. The van der Waals surface area contributed by atoms with Crippen molar-refractivity contribution >= 4 is 12.0 Å². The Labute approximate surface area is 112 Å². The molecule has 2 rings (SSSR count). The molecule has 1 aliphatic rings. The zero-order valence-corrected chi connectivity index (χ0v) is 11.0. The lowest BCUT2D eigenvalue weighted by molar-refractivity contribution is -0.131. The van der Waals surface area contributed by atoms with Gasteiger partial charge in [0.15, 0.2) is 0 Å². The number of aliphatic carboxylic acids is 1. The Morgan fingerprint density at radius 3 is 3.11 bits per heavy atom. The van der Waals surface area contributed by atoms with Gasteiger partial charge in [0.2, 0.25) is 0 Å². The van der Waals surface area contributed by atoms with Crippen LogP contribution in [0.1, 0.15) is 24.0 Å². The molecule has 1 N–H and O–H groups in total. The number of hydrogen-bond donors (Lipinski definition) is 1. The van der Waals surface area contributed by atoms with E-state index in [4.69, 9.17) is 14.6 Å². The highest BCUT2D eigenvalue weighted by Crippen LogP contribution is 2.23. The maximum Gasteiger partial charge on any atom is 0.328 e. The fourth-order valence-electron chi connectivity index (χ4n) is 2.05. The lowest BCUT2D eigenvalue weighted by Crippen LogP contribution is -2.16. The molecule has 4 heteroatoms. The molecule has 0 radical (unpaired) electrons. The van der Waals surface area contributed by atoms with Crippen LogP contribution in [-0.2, 0) is 9.53 Å². The van der Waals surface area contributed by atoms with Gasteiger partial charge in [-0.2, -0.15) is 0 Å².